The molecular formula is C21H24ClN5O3S. The van der Waals surface area contributed by atoms with Gasteiger partial charge in [-0.1, -0.05) is 23.7 Å². The van der Waals surface area contributed by atoms with E-state index in [4.69, 9.17) is 21.6 Å². The molecule has 0 unspecified atom stereocenters. The standard InChI is InChI=1S/C21H24ClN5O3S/c1-26-13-16(12-23-26)20-24-18(15-3-5-17(22)6-4-15)11-19(25-20)27-9-7-21(14-28,8-10-27)31(2,29)30/h3-6,11-13,28H,7-10,14H2,1-2H3. The van der Waals surface area contributed by atoms with E-state index in [0.717, 1.165) is 16.8 Å². The van der Waals surface area contributed by atoms with Gasteiger partial charge in [0.2, 0.25) is 0 Å². The van der Waals surface area contributed by atoms with Gasteiger partial charge in [-0.2, -0.15) is 5.10 Å². The average Bonchev–Trinajstić information content (AvgIpc) is 3.19. The molecule has 164 valence electrons. The van der Waals surface area contributed by atoms with E-state index >= 15 is 0 Å². The fourth-order valence-electron chi connectivity index (χ4n) is 3.82. The predicted molar refractivity (Wildman–Crippen MR) is 121 cm³/mol. The fraction of sp³-hybridized carbons (Fsp3) is 0.381. The highest BCUT2D eigenvalue weighted by molar-refractivity contribution is 7.92. The summed E-state index contributed by atoms with van der Waals surface area (Å²) in [7, 11) is -1.55. The molecule has 0 spiro atoms. The minimum atomic E-state index is -3.38. The van der Waals surface area contributed by atoms with Crippen molar-refractivity contribution in [2.24, 2.45) is 7.05 Å². The van der Waals surface area contributed by atoms with Gasteiger partial charge in [0.1, 0.15) is 5.82 Å². The first-order valence-electron chi connectivity index (χ1n) is 9.90. The molecule has 0 amide bonds. The van der Waals surface area contributed by atoms with Gasteiger partial charge in [-0.25, -0.2) is 18.4 Å². The van der Waals surface area contributed by atoms with Crippen molar-refractivity contribution in [1.29, 1.82) is 0 Å². The molecule has 1 fully saturated rings. The first-order valence-corrected chi connectivity index (χ1v) is 12.2. The number of aliphatic hydroxyl groups is 1. The fourth-order valence-corrected chi connectivity index (χ4v) is 5.10. The van der Waals surface area contributed by atoms with Gasteiger partial charge in [0.25, 0.3) is 0 Å². The van der Waals surface area contributed by atoms with Crippen molar-refractivity contribution in [3.63, 3.8) is 0 Å². The van der Waals surface area contributed by atoms with E-state index in [2.05, 4.69) is 5.10 Å². The Kier molecular flexibility index (Phi) is 5.76. The zero-order valence-corrected chi connectivity index (χ0v) is 18.9. The summed E-state index contributed by atoms with van der Waals surface area (Å²) in [6.07, 6.45) is 5.43. The summed E-state index contributed by atoms with van der Waals surface area (Å²) >= 11 is 6.04. The lowest BCUT2D eigenvalue weighted by atomic mass is 9.96. The summed E-state index contributed by atoms with van der Waals surface area (Å²) in [5, 5.41) is 14.7. The van der Waals surface area contributed by atoms with Gasteiger partial charge in [-0.05, 0) is 25.0 Å². The summed E-state index contributed by atoms with van der Waals surface area (Å²) in [6.45, 7) is 0.564. The highest BCUT2D eigenvalue weighted by Crippen LogP contribution is 2.33. The van der Waals surface area contributed by atoms with Gasteiger partial charge in [0, 0.05) is 49.2 Å². The van der Waals surface area contributed by atoms with Crippen molar-refractivity contribution in [3.05, 3.63) is 47.7 Å². The topological polar surface area (TPSA) is 101 Å². The Morgan fingerprint density at radius 1 is 1.13 bits per heavy atom. The van der Waals surface area contributed by atoms with Crippen molar-refractivity contribution in [2.45, 2.75) is 17.6 Å². The molecule has 0 saturated carbocycles. The normalized spacial score (nSPS) is 16.5. The van der Waals surface area contributed by atoms with Crippen LogP contribution >= 0.6 is 11.6 Å². The van der Waals surface area contributed by atoms with Crippen molar-refractivity contribution >= 4 is 27.3 Å². The largest absolute Gasteiger partial charge is 0.395 e. The third kappa shape index (κ3) is 4.30. The van der Waals surface area contributed by atoms with Crippen LogP contribution in [-0.4, -0.2) is 64.0 Å². The second-order valence-electron chi connectivity index (χ2n) is 7.94. The van der Waals surface area contributed by atoms with Crippen LogP contribution in [0.3, 0.4) is 0 Å². The van der Waals surface area contributed by atoms with E-state index in [9.17, 15) is 13.5 Å². The molecule has 8 nitrogen and oxygen atoms in total. The molecule has 0 atom stereocenters. The maximum absolute atomic E-state index is 12.3. The van der Waals surface area contributed by atoms with Gasteiger partial charge in [-0.3, -0.25) is 4.68 Å². The number of piperidine rings is 1. The molecular weight excluding hydrogens is 438 g/mol. The quantitative estimate of drug-likeness (QED) is 0.623. The molecule has 0 bridgehead atoms. The first-order chi connectivity index (χ1) is 14.7. The Morgan fingerprint density at radius 2 is 1.81 bits per heavy atom. The number of nitrogens with zero attached hydrogens (tertiary/aromatic N) is 5. The van der Waals surface area contributed by atoms with E-state index in [1.54, 1.807) is 10.9 Å². The first kappa shape index (κ1) is 21.7. The number of sulfone groups is 1. The Labute approximate surface area is 186 Å². The zero-order chi connectivity index (χ0) is 22.2. The van der Waals surface area contributed by atoms with Gasteiger partial charge in [-0.15, -0.1) is 0 Å². The van der Waals surface area contributed by atoms with Crippen molar-refractivity contribution in [2.75, 3.05) is 30.9 Å². The lowest BCUT2D eigenvalue weighted by Gasteiger charge is -2.39. The molecule has 0 radical (unpaired) electrons. The molecule has 10 heteroatoms. The molecule has 31 heavy (non-hydrogen) atoms. The Bertz CT molecular complexity index is 1190. The summed E-state index contributed by atoms with van der Waals surface area (Å²) in [5.41, 5.74) is 2.43. The van der Waals surface area contributed by atoms with Crippen LogP contribution in [0.15, 0.2) is 42.7 Å². The Morgan fingerprint density at radius 3 is 2.35 bits per heavy atom. The predicted octanol–water partition coefficient (Wildman–Crippen LogP) is 2.57. The van der Waals surface area contributed by atoms with Crippen LogP contribution in [0, 0.1) is 0 Å². The third-order valence-corrected chi connectivity index (χ3v) is 8.25. The van der Waals surface area contributed by atoms with Crippen LogP contribution in [0.2, 0.25) is 5.02 Å². The SMILES string of the molecule is Cn1cc(-c2nc(-c3ccc(Cl)cc3)cc(N3CCC(CO)(S(C)(=O)=O)CC3)n2)cn1. The monoisotopic (exact) mass is 461 g/mol. The molecule has 1 saturated heterocycles. The molecule has 1 N–H and O–H groups in total. The maximum atomic E-state index is 12.3. The number of aliphatic hydroxyl groups excluding tert-OH is 1. The summed E-state index contributed by atoms with van der Waals surface area (Å²) in [4.78, 5) is 11.5. The number of hydrogen-bond donors (Lipinski definition) is 1. The minimum absolute atomic E-state index is 0.338. The molecule has 2 aromatic heterocycles. The van der Waals surface area contributed by atoms with Crippen LogP contribution in [-0.2, 0) is 16.9 Å². The Hall–Kier alpha value is -2.49. The molecule has 3 heterocycles. The Balaban J connectivity index is 1.72. The van der Waals surface area contributed by atoms with E-state index in [-0.39, 0.29) is 6.61 Å². The molecule has 4 rings (SSSR count). The second kappa shape index (κ2) is 8.22. The summed E-state index contributed by atoms with van der Waals surface area (Å²) in [5.74, 6) is 1.25. The molecule has 0 aliphatic carbocycles. The lowest BCUT2D eigenvalue weighted by molar-refractivity contribution is 0.218. The average molecular weight is 462 g/mol. The van der Waals surface area contributed by atoms with E-state index in [0.29, 0.717) is 42.6 Å². The van der Waals surface area contributed by atoms with Crippen molar-refractivity contribution in [3.8, 4) is 22.6 Å². The second-order valence-corrected chi connectivity index (χ2v) is 10.8. The molecule has 1 aliphatic rings. The van der Waals surface area contributed by atoms with Crippen LogP contribution in [0.4, 0.5) is 5.82 Å². The summed E-state index contributed by atoms with van der Waals surface area (Å²) < 4.78 is 25.1. The molecule has 1 aromatic carbocycles. The van der Waals surface area contributed by atoms with E-state index < -0.39 is 14.6 Å². The highest BCUT2D eigenvalue weighted by atomic mass is 35.5. The number of anilines is 1. The van der Waals surface area contributed by atoms with Crippen molar-refractivity contribution in [1.82, 2.24) is 19.7 Å². The van der Waals surface area contributed by atoms with Gasteiger partial charge in [0.15, 0.2) is 15.7 Å². The lowest BCUT2D eigenvalue weighted by Crippen LogP contribution is -2.51. The van der Waals surface area contributed by atoms with E-state index in [1.165, 1.54) is 6.26 Å². The van der Waals surface area contributed by atoms with E-state index in [1.807, 2.05) is 48.5 Å². The minimum Gasteiger partial charge on any atom is -0.395 e. The highest BCUT2D eigenvalue weighted by Gasteiger charge is 2.43. The number of rotatable bonds is 5. The molecule has 1 aliphatic heterocycles. The van der Waals surface area contributed by atoms with Crippen LogP contribution in [0.25, 0.3) is 22.6 Å². The number of benzene rings is 1. The number of aryl methyl sites for hydroxylation is 1. The van der Waals surface area contributed by atoms with Crippen molar-refractivity contribution < 1.29 is 13.5 Å². The number of hydrogen-bond acceptors (Lipinski definition) is 7. The number of halogens is 1. The van der Waals surface area contributed by atoms with Crippen LogP contribution in [0.5, 0.6) is 0 Å². The molecule has 3 aromatic rings. The van der Waals surface area contributed by atoms with Crippen LogP contribution in [0.1, 0.15) is 12.8 Å². The van der Waals surface area contributed by atoms with Gasteiger partial charge >= 0.3 is 0 Å². The number of aromatic nitrogens is 4. The summed E-state index contributed by atoms with van der Waals surface area (Å²) in [6, 6.07) is 9.32. The van der Waals surface area contributed by atoms with Crippen LogP contribution < -0.4 is 4.90 Å². The maximum Gasteiger partial charge on any atom is 0.165 e. The smallest absolute Gasteiger partial charge is 0.165 e. The third-order valence-electron chi connectivity index (χ3n) is 5.89. The zero-order valence-electron chi connectivity index (χ0n) is 17.4. The van der Waals surface area contributed by atoms with Gasteiger partial charge < -0.3 is 10.0 Å². The van der Waals surface area contributed by atoms with Gasteiger partial charge in [0.05, 0.1) is 28.8 Å².